The Labute approximate surface area is 155 Å². The average Bonchev–Trinajstić information content (AvgIpc) is 2.82. The van der Waals surface area contributed by atoms with Gasteiger partial charge in [0.05, 0.1) is 11.8 Å². The highest BCUT2D eigenvalue weighted by atomic mass is 32.1. The van der Waals surface area contributed by atoms with Crippen molar-refractivity contribution in [2.75, 3.05) is 0 Å². The number of rotatable bonds is 6. The number of aromatic nitrogens is 2. The molecule has 0 aliphatic heterocycles. The second kappa shape index (κ2) is 7.72. The van der Waals surface area contributed by atoms with Crippen molar-refractivity contribution < 1.29 is 23.1 Å². The Hall–Kier alpha value is -2.34. The van der Waals surface area contributed by atoms with Gasteiger partial charge >= 0.3 is 18.0 Å². The van der Waals surface area contributed by atoms with Crippen LogP contribution in [0.4, 0.5) is 18.0 Å². The summed E-state index contributed by atoms with van der Waals surface area (Å²) in [4.78, 5) is 36.6. The molecule has 0 fully saturated rings. The van der Waals surface area contributed by atoms with E-state index in [2.05, 4.69) is 5.43 Å². The van der Waals surface area contributed by atoms with E-state index >= 15 is 0 Å². The first kappa shape index (κ1) is 21.0. The molecule has 0 radical (unpaired) electrons. The first-order chi connectivity index (χ1) is 12.4. The molecule has 2 rings (SSSR count). The number of fused-ring (bicyclic) bond motifs is 1. The van der Waals surface area contributed by atoms with E-state index in [9.17, 15) is 27.6 Å². The number of thiophene rings is 1. The lowest BCUT2D eigenvalue weighted by Gasteiger charge is -2.15. The van der Waals surface area contributed by atoms with E-state index in [-0.39, 0.29) is 16.8 Å². The maximum Gasteiger partial charge on any atom is 0.419 e. The van der Waals surface area contributed by atoms with E-state index in [1.165, 1.54) is 0 Å². The average molecular weight is 408 g/mol. The van der Waals surface area contributed by atoms with Crippen LogP contribution >= 0.6 is 11.3 Å². The van der Waals surface area contributed by atoms with Gasteiger partial charge in [0.2, 0.25) is 0 Å². The van der Waals surface area contributed by atoms with E-state index in [4.69, 9.17) is 5.11 Å². The Morgan fingerprint density at radius 3 is 2.44 bits per heavy atom. The van der Waals surface area contributed by atoms with Crippen LogP contribution in [0.2, 0.25) is 0 Å². The number of hydrogen-bond donors (Lipinski definition) is 3. The molecule has 0 bridgehead atoms. The van der Waals surface area contributed by atoms with Gasteiger partial charge in [-0.25, -0.2) is 15.0 Å². The van der Waals surface area contributed by atoms with Crippen molar-refractivity contribution in [3.05, 3.63) is 31.3 Å². The van der Waals surface area contributed by atoms with Crippen molar-refractivity contribution in [1.29, 1.82) is 0 Å². The Balaban J connectivity index is 2.65. The highest BCUT2D eigenvalue weighted by Crippen LogP contribution is 2.29. The standard InChI is InChI=1S/C15H19F3N4O4S/c1-7(2)22-11(23)10-8(3)9(6-19-20-13(24)25)27-12(10)21(14(22)26)5-4-15(16,17)18/h7,19-20H,4-6H2,1-3H3,(H,24,25). The Kier molecular flexibility index (Phi) is 6.00. The molecule has 2 aromatic heterocycles. The van der Waals surface area contributed by atoms with Crippen LogP contribution in [0.25, 0.3) is 10.2 Å². The van der Waals surface area contributed by atoms with Crippen molar-refractivity contribution in [3.63, 3.8) is 0 Å². The van der Waals surface area contributed by atoms with Gasteiger partial charge < -0.3 is 5.11 Å². The van der Waals surface area contributed by atoms with Crippen LogP contribution in [0, 0.1) is 6.92 Å². The van der Waals surface area contributed by atoms with E-state index in [1.807, 2.05) is 5.43 Å². The fourth-order valence-corrected chi connectivity index (χ4v) is 3.93. The minimum absolute atomic E-state index is 0.0199. The Morgan fingerprint density at radius 1 is 1.30 bits per heavy atom. The van der Waals surface area contributed by atoms with Crippen LogP contribution in [0.15, 0.2) is 9.59 Å². The molecule has 0 spiro atoms. The zero-order valence-corrected chi connectivity index (χ0v) is 15.6. The van der Waals surface area contributed by atoms with Gasteiger partial charge in [0.15, 0.2) is 0 Å². The highest BCUT2D eigenvalue weighted by Gasteiger charge is 2.29. The predicted octanol–water partition coefficient (Wildman–Crippen LogP) is 2.34. The normalized spacial score (nSPS) is 12.1. The molecule has 3 N–H and O–H groups in total. The van der Waals surface area contributed by atoms with Crippen molar-refractivity contribution in [2.24, 2.45) is 0 Å². The Bertz CT molecular complexity index is 975. The molecule has 12 heteroatoms. The van der Waals surface area contributed by atoms with Crippen LogP contribution < -0.4 is 22.1 Å². The van der Waals surface area contributed by atoms with Crippen molar-refractivity contribution >= 4 is 27.6 Å². The van der Waals surface area contributed by atoms with Gasteiger partial charge in [-0.1, -0.05) is 0 Å². The van der Waals surface area contributed by atoms with Gasteiger partial charge in [0, 0.05) is 24.0 Å². The summed E-state index contributed by atoms with van der Waals surface area (Å²) < 4.78 is 40.0. The van der Waals surface area contributed by atoms with Crippen molar-refractivity contribution in [1.82, 2.24) is 20.0 Å². The topological polar surface area (TPSA) is 105 Å². The molecule has 0 atom stereocenters. The number of hydrazine groups is 1. The van der Waals surface area contributed by atoms with Crippen LogP contribution in [-0.2, 0) is 13.1 Å². The van der Waals surface area contributed by atoms with Crippen LogP contribution in [0.3, 0.4) is 0 Å². The van der Waals surface area contributed by atoms with Gasteiger partial charge in [-0.05, 0) is 26.3 Å². The number of aryl methyl sites for hydroxylation is 2. The third kappa shape index (κ3) is 4.50. The molecule has 27 heavy (non-hydrogen) atoms. The smallest absolute Gasteiger partial charge is 0.419 e. The van der Waals surface area contributed by atoms with E-state index in [0.717, 1.165) is 20.5 Å². The molecule has 0 aliphatic carbocycles. The molecule has 2 heterocycles. The summed E-state index contributed by atoms with van der Waals surface area (Å²) in [6.07, 6.45) is -6.96. The first-order valence-electron chi connectivity index (χ1n) is 8.00. The lowest BCUT2D eigenvalue weighted by Crippen LogP contribution is -2.41. The number of nitrogens with zero attached hydrogens (tertiary/aromatic N) is 2. The molecule has 0 unspecified atom stereocenters. The maximum absolute atomic E-state index is 12.8. The molecule has 150 valence electrons. The lowest BCUT2D eigenvalue weighted by atomic mass is 10.2. The number of hydrogen-bond acceptors (Lipinski definition) is 5. The maximum atomic E-state index is 12.8. The largest absolute Gasteiger partial charge is 0.464 e. The number of amides is 1. The molecule has 0 saturated carbocycles. The molecule has 2 aromatic rings. The number of alkyl halides is 3. The monoisotopic (exact) mass is 408 g/mol. The lowest BCUT2D eigenvalue weighted by molar-refractivity contribution is -0.136. The second-order valence-corrected chi connectivity index (χ2v) is 7.27. The van der Waals surface area contributed by atoms with Crippen molar-refractivity contribution in [2.45, 2.75) is 52.5 Å². The summed E-state index contributed by atoms with van der Waals surface area (Å²) >= 11 is 0.988. The number of carbonyl (C=O) groups is 1. The molecule has 0 aromatic carbocycles. The summed E-state index contributed by atoms with van der Waals surface area (Å²) in [6.45, 7) is 4.23. The quantitative estimate of drug-likeness (QED) is 0.637. The Morgan fingerprint density at radius 2 is 1.93 bits per heavy atom. The van der Waals surface area contributed by atoms with Gasteiger partial charge in [0.25, 0.3) is 5.56 Å². The molecular weight excluding hydrogens is 389 g/mol. The fourth-order valence-electron chi connectivity index (χ4n) is 2.67. The summed E-state index contributed by atoms with van der Waals surface area (Å²) in [6, 6.07) is -0.527. The summed E-state index contributed by atoms with van der Waals surface area (Å²) in [5.74, 6) is 0. The van der Waals surface area contributed by atoms with Gasteiger partial charge in [0.1, 0.15) is 4.83 Å². The SMILES string of the molecule is Cc1c(CNNC(=O)O)sc2c1c(=O)n(C(C)C)c(=O)n2CCC(F)(F)F. The first-order valence-corrected chi connectivity index (χ1v) is 8.81. The van der Waals surface area contributed by atoms with E-state index in [1.54, 1.807) is 20.8 Å². The van der Waals surface area contributed by atoms with Crippen LogP contribution in [0.5, 0.6) is 0 Å². The summed E-state index contributed by atoms with van der Waals surface area (Å²) in [7, 11) is 0. The minimum Gasteiger partial charge on any atom is -0.464 e. The number of nitrogens with one attached hydrogen (secondary N) is 2. The second-order valence-electron chi connectivity index (χ2n) is 6.18. The molecule has 1 amide bonds. The van der Waals surface area contributed by atoms with Crippen LogP contribution in [0.1, 0.15) is 36.8 Å². The molecular formula is C15H19F3N4O4S. The third-order valence-electron chi connectivity index (χ3n) is 3.92. The number of carboxylic acid groups (broad SMARTS) is 1. The van der Waals surface area contributed by atoms with E-state index in [0.29, 0.717) is 10.4 Å². The summed E-state index contributed by atoms with van der Waals surface area (Å²) in [5.41, 5.74) is 3.52. The van der Waals surface area contributed by atoms with Crippen LogP contribution in [-0.4, -0.2) is 26.5 Å². The number of halogens is 3. The van der Waals surface area contributed by atoms with Gasteiger partial charge in [-0.15, -0.1) is 11.3 Å². The van der Waals surface area contributed by atoms with E-state index < -0.39 is 42.5 Å². The fraction of sp³-hybridized carbons (Fsp3) is 0.533. The van der Waals surface area contributed by atoms with Gasteiger partial charge in [-0.3, -0.25) is 19.4 Å². The molecule has 0 aliphatic rings. The minimum atomic E-state index is -4.45. The third-order valence-corrected chi connectivity index (χ3v) is 5.24. The van der Waals surface area contributed by atoms with Crippen molar-refractivity contribution in [3.8, 4) is 0 Å². The van der Waals surface area contributed by atoms with Gasteiger partial charge in [-0.2, -0.15) is 13.2 Å². The predicted molar refractivity (Wildman–Crippen MR) is 94.1 cm³/mol. The molecule has 0 saturated heterocycles. The summed E-state index contributed by atoms with van der Waals surface area (Å²) in [5, 5.41) is 8.76. The highest BCUT2D eigenvalue weighted by molar-refractivity contribution is 7.18. The zero-order valence-electron chi connectivity index (χ0n) is 14.8. The zero-order chi connectivity index (χ0) is 20.5. The molecule has 8 nitrogen and oxygen atoms in total.